The van der Waals surface area contributed by atoms with E-state index in [1.807, 2.05) is 11.8 Å². The number of hydrogen-bond donors (Lipinski definition) is 2. The van der Waals surface area contributed by atoms with Crippen LogP contribution in [-0.4, -0.2) is 61.7 Å². The van der Waals surface area contributed by atoms with Gasteiger partial charge >= 0.3 is 11.9 Å². The van der Waals surface area contributed by atoms with Crippen LogP contribution >= 0.6 is 23.5 Å². The zero-order chi connectivity index (χ0) is 18.9. The Morgan fingerprint density at radius 2 is 1.92 bits per heavy atom. The van der Waals surface area contributed by atoms with Crippen molar-refractivity contribution in [2.45, 2.75) is 43.6 Å². The van der Waals surface area contributed by atoms with Crippen molar-refractivity contribution in [1.82, 2.24) is 13.6 Å². The SMILES string of the molecule is CN1CCC=C(c2nsnc2SCC2CCCCC2)C1.O=C(O)C(=O)O. The quantitative estimate of drug-likeness (QED) is 0.588. The fourth-order valence-electron chi connectivity index (χ4n) is 3.09. The van der Waals surface area contributed by atoms with Crippen molar-refractivity contribution in [3.63, 3.8) is 0 Å². The first-order valence-corrected chi connectivity index (χ1v) is 10.5. The molecule has 7 nitrogen and oxygen atoms in total. The highest BCUT2D eigenvalue weighted by molar-refractivity contribution is 7.99. The van der Waals surface area contributed by atoms with E-state index in [-0.39, 0.29) is 0 Å². The van der Waals surface area contributed by atoms with Crippen molar-refractivity contribution in [2.24, 2.45) is 5.92 Å². The predicted octanol–water partition coefficient (Wildman–Crippen LogP) is 3.09. The van der Waals surface area contributed by atoms with E-state index < -0.39 is 11.9 Å². The molecular formula is C17H25N3O4S2. The molecule has 1 aromatic heterocycles. The molecule has 1 saturated carbocycles. The number of carbonyl (C=O) groups is 2. The molecule has 1 aliphatic heterocycles. The van der Waals surface area contributed by atoms with Crippen LogP contribution in [0.15, 0.2) is 11.1 Å². The summed E-state index contributed by atoms with van der Waals surface area (Å²) in [6, 6.07) is 0. The van der Waals surface area contributed by atoms with Crippen LogP contribution in [0.4, 0.5) is 0 Å². The summed E-state index contributed by atoms with van der Waals surface area (Å²) in [6.45, 7) is 2.17. The van der Waals surface area contributed by atoms with Crippen molar-refractivity contribution in [2.75, 3.05) is 25.9 Å². The molecule has 9 heteroatoms. The summed E-state index contributed by atoms with van der Waals surface area (Å²) in [5.41, 5.74) is 2.53. The molecule has 2 N–H and O–H groups in total. The van der Waals surface area contributed by atoms with E-state index in [4.69, 9.17) is 19.8 Å². The number of likely N-dealkylation sites (N-methyl/N-ethyl adjacent to an activating group) is 1. The van der Waals surface area contributed by atoms with Crippen LogP contribution in [0.1, 0.15) is 44.2 Å². The third-order valence-electron chi connectivity index (χ3n) is 4.47. The lowest BCUT2D eigenvalue weighted by atomic mass is 9.91. The van der Waals surface area contributed by atoms with Crippen LogP contribution < -0.4 is 0 Å². The van der Waals surface area contributed by atoms with E-state index in [0.29, 0.717) is 0 Å². The summed E-state index contributed by atoms with van der Waals surface area (Å²) in [7, 11) is 2.18. The van der Waals surface area contributed by atoms with Gasteiger partial charge < -0.3 is 15.1 Å². The smallest absolute Gasteiger partial charge is 0.414 e. The Morgan fingerprint density at radius 3 is 2.54 bits per heavy atom. The molecule has 0 radical (unpaired) electrons. The number of thioether (sulfide) groups is 1. The van der Waals surface area contributed by atoms with Crippen molar-refractivity contribution in [3.8, 4) is 0 Å². The Morgan fingerprint density at radius 1 is 1.23 bits per heavy atom. The summed E-state index contributed by atoms with van der Waals surface area (Å²) in [6.07, 6.45) is 10.6. The standard InChI is InChI=1S/C15H23N3S2.C2H2O4/c1-18-9-5-8-13(10-18)14-15(17-20-16-14)19-11-12-6-3-2-4-7-12;3-1(4)2(5)6/h8,12H,2-7,9-11H2,1H3;(H,3,4)(H,5,6). The van der Waals surface area contributed by atoms with Gasteiger partial charge in [-0.15, -0.1) is 11.8 Å². The van der Waals surface area contributed by atoms with Gasteiger partial charge in [0.25, 0.3) is 0 Å². The van der Waals surface area contributed by atoms with Crippen molar-refractivity contribution >= 4 is 41.0 Å². The van der Waals surface area contributed by atoms with Gasteiger partial charge in [0.2, 0.25) is 0 Å². The molecule has 3 rings (SSSR count). The van der Waals surface area contributed by atoms with E-state index in [9.17, 15) is 0 Å². The topological polar surface area (TPSA) is 104 Å². The summed E-state index contributed by atoms with van der Waals surface area (Å²) >= 11 is 3.30. The summed E-state index contributed by atoms with van der Waals surface area (Å²) < 4.78 is 9.09. The van der Waals surface area contributed by atoms with Crippen LogP contribution in [0.3, 0.4) is 0 Å². The van der Waals surface area contributed by atoms with Crippen LogP contribution in [0.25, 0.3) is 5.57 Å². The molecule has 1 fully saturated rings. The Bertz CT molecular complexity index is 630. The molecule has 2 aliphatic rings. The maximum absolute atomic E-state index is 9.10. The minimum atomic E-state index is -1.82. The minimum Gasteiger partial charge on any atom is -0.473 e. The van der Waals surface area contributed by atoms with Gasteiger partial charge in [-0.1, -0.05) is 25.3 Å². The average molecular weight is 400 g/mol. The number of rotatable bonds is 4. The second kappa shape index (κ2) is 10.6. The largest absolute Gasteiger partial charge is 0.473 e. The molecule has 2 heterocycles. The second-order valence-corrected chi connectivity index (χ2v) is 8.14. The Balaban J connectivity index is 0.000000352. The minimum absolute atomic E-state index is 0.895. The van der Waals surface area contributed by atoms with Crippen molar-refractivity contribution < 1.29 is 19.8 Å². The first kappa shape index (κ1) is 20.9. The highest BCUT2D eigenvalue weighted by Crippen LogP contribution is 2.33. The molecular weight excluding hydrogens is 374 g/mol. The monoisotopic (exact) mass is 399 g/mol. The van der Waals surface area contributed by atoms with Crippen LogP contribution in [-0.2, 0) is 9.59 Å². The van der Waals surface area contributed by atoms with E-state index in [1.54, 1.807) is 0 Å². The van der Waals surface area contributed by atoms with Gasteiger partial charge in [0.1, 0.15) is 10.7 Å². The Hall–Kier alpha value is -1.45. The molecule has 0 atom stereocenters. The third kappa shape index (κ3) is 6.69. The molecule has 0 saturated heterocycles. The first-order valence-electron chi connectivity index (χ1n) is 8.77. The molecule has 144 valence electrons. The number of aliphatic carboxylic acids is 2. The molecule has 0 spiro atoms. The highest BCUT2D eigenvalue weighted by Gasteiger charge is 2.20. The fourth-order valence-corrected chi connectivity index (χ4v) is 4.98. The van der Waals surface area contributed by atoms with Crippen molar-refractivity contribution in [1.29, 1.82) is 0 Å². The molecule has 0 aromatic carbocycles. The number of hydrogen-bond acceptors (Lipinski definition) is 7. The predicted molar refractivity (Wildman–Crippen MR) is 103 cm³/mol. The highest BCUT2D eigenvalue weighted by atomic mass is 32.2. The molecule has 0 unspecified atom stereocenters. The van der Waals surface area contributed by atoms with Crippen LogP contribution in [0, 0.1) is 5.92 Å². The van der Waals surface area contributed by atoms with Crippen LogP contribution in [0.2, 0.25) is 0 Å². The molecule has 1 aromatic rings. The third-order valence-corrected chi connectivity index (χ3v) is 6.31. The van der Waals surface area contributed by atoms with E-state index >= 15 is 0 Å². The molecule has 26 heavy (non-hydrogen) atoms. The zero-order valence-corrected chi connectivity index (χ0v) is 16.5. The number of nitrogens with zero attached hydrogens (tertiary/aromatic N) is 3. The summed E-state index contributed by atoms with van der Waals surface area (Å²) in [5.74, 6) is -1.53. The van der Waals surface area contributed by atoms with E-state index in [1.165, 1.54) is 60.2 Å². The van der Waals surface area contributed by atoms with E-state index in [2.05, 4.69) is 26.8 Å². The van der Waals surface area contributed by atoms with Crippen molar-refractivity contribution in [3.05, 3.63) is 11.8 Å². The van der Waals surface area contributed by atoms with Gasteiger partial charge in [-0.3, -0.25) is 0 Å². The molecule has 1 aliphatic carbocycles. The number of aromatic nitrogens is 2. The van der Waals surface area contributed by atoms with Crippen LogP contribution in [0.5, 0.6) is 0 Å². The summed E-state index contributed by atoms with van der Waals surface area (Å²) in [5, 5.41) is 16.0. The Kier molecular flexibility index (Phi) is 8.53. The normalized spacial score (nSPS) is 18.6. The lowest BCUT2D eigenvalue weighted by molar-refractivity contribution is -0.159. The van der Waals surface area contributed by atoms with Gasteiger partial charge in [-0.2, -0.15) is 8.75 Å². The van der Waals surface area contributed by atoms with Gasteiger partial charge in [-0.25, -0.2) is 9.59 Å². The fraction of sp³-hybridized carbons (Fsp3) is 0.647. The summed E-state index contributed by atoms with van der Waals surface area (Å²) in [4.78, 5) is 20.6. The first-order chi connectivity index (χ1) is 12.5. The average Bonchev–Trinajstić information content (AvgIpc) is 3.10. The zero-order valence-electron chi connectivity index (χ0n) is 14.9. The lowest BCUT2D eigenvalue weighted by Crippen LogP contribution is -2.25. The maximum atomic E-state index is 9.10. The number of carboxylic acid groups (broad SMARTS) is 2. The maximum Gasteiger partial charge on any atom is 0.414 e. The van der Waals surface area contributed by atoms with Gasteiger partial charge in [0.05, 0.1) is 11.7 Å². The molecule has 0 amide bonds. The van der Waals surface area contributed by atoms with E-state index in [0.717, 1.165) is 31.1 Å². The lowest BCUT2D eigenvalue weighted by Gasteiger charge is -2.23. The van der Waals surface area contributed by atoms with Gasteiger partial charge in [0.15, 0.2) is 0 Å². The number of carboxylic acids is 2. The molecule has 0 bridgehead atoms. The Labute approximate surface area is 161 Å². The van der Waals surface area contributed by atoms with Gasteiger partial charge in [-0.05, 0) is 37.8 Å². The second-order valence-electron chi connectivity index (χ2n) is 6.60. The van der Waals surface area contributed by atoms with Gasteiger partial charge in [0, 0.05) is 18.8 Å².